The minimum Gasteiger partial charge on any atom is -0.484 e. The Bertz CT molecular complexity index is 435. The lowest BCUT2D eigenvalue weighted by Crippen LogP contribution is -2.46. The lowest BCUT2D eigenvalue weighted by atomic mass is 10.1. The molecule has 4 N–H and O–H groups in total. The summed E-state index contributed by atoms with van der Waals surface area (Å²) in [6.07, 6.45) is 0. The first kappa shape index (κ1) is 13.2. The molecule has 6 heteroatoms. The second-order valence-corrected chi connectivity index (χ2v) is 4.01. The Balaban J connectivity index is 2.42. The van der Waals surface area contributed by atoms with E-state index in [0.29, 0.717) is 5.75 Å². The average Bonchev–Trinajstić information content (AvgIpc) is 2.28. The zero-order chi connectivity index (χ0) is 12.8. The fraction of sp³-hybridized carbons (Fsp3) is 0.273. The molecule has 0 radical (unpaired) electrons. The van der Waals surface area contributed by atoms with Crippen molar-refractivity contribution in [3.8, 4) is 5.75 Å². The Morgan fingerprint density at radius 2 is 2.06 bits per heavy atom. The van der Waals surface area contributed by atoms with E-state index >= 15 is 0 Å². The van der Waals surface area contributed by atoms with Crippen LogP contribution in [-0.2, 0) is 4.79 Å². The summed E-state index contributed by atoms with van der Waals surface area (Å²) in [4.78, 5) is 11.3. The molecule has 1 aromatic rings. The molecule has 0 aliphatic rings. The van der Waals surface area contributed by atoms with Crippen LogP contribution in [0.3, 0.4) is 0 Å². The summed E-state index contributed by atoms with van der Waals surface area (Å²) in [6.45, 7) is 3.90. The fourth-order valence-corrected chi connectivity index (χ4v) is 1.17. The lowest BCUT2D eigenvalue weighted by Gasteiger charge is -2.09. The van der Waals surface area contributed by atoms with Crippen molar-refractivity contribution in [1.29, 1.82) is 0 Å². The van der Waals surface area contributed by atoms with Crippen LogP contribution >= 0.6 is 12.2 Å². The third-order valence-corrected chi connectivity index (χ3v) is 2.28. The highest BCUT2D eigenvalue weighted by Gasteiger charge is 2.03. The number of hydrazine groups is 1. The molecule has 0 aliphatic heterocycles. The van der Waals surface area contributed by atoms with E-state index in [1.807, 2.05) is 32.0 Å². The number of thiocarbonyl (C=S) groups is 1. The molecule has 5 nitrogen and oxygen atoms in total. The van der Waals surface area contributed by atoms with Crippen molar-refractivity contribution in [2.24, 2.45) is 5.73 Å². The van der Waals surface area contributed by atoms with Gasteiger partial charge < -0.3 is 10.5 Å². The fourth-order valence-electron chi connectivity index (χ4n) is 1.12. The summed E-state index contributed by atoms with van der Waals surface area (Å²) in [5, 5.41) is 0.00419. The van der Waals surface area contributed by atoms with Gasteiger partial charge in [0.05, 0.1) is 0 Å². The molecule has 1 aromatic carbocycles. The molecule has 0 atom stereocenters. The van der Waals surface area contributed by atoms with E-state index < -0.39 is 0 Å². The Kier molecular flexibility index (Phi) is 4.71. The van der Waals surface area contributed by atoms with Crippen molar-refractivity contribution in [3.05, 3.63) is 29.3 Å². The molecular formula is C11H15N3O2S. The highest BCUT2D eigenvalue weighted by Crippen LogP contribution is 2.15. The SMILES string of the molecule is Cc1ccc(OCC(=O)NNC(N)=S)cc1C. The first-order valence-electron chi connectivity index (χ1n) is 5.03. The number of carbonyl (C=O) groups is 1. The molecule has 0 saturated carbocycles. The van der Waals surface area contributed by atoms with Crippen LogP contribution in [0.1, 0.15) is 11.1 Å². The van der Waals surface area contributed by atoms with Crippen LogP contribution in [-0.4, -0.2) is 17.6 Å². The number of benzene rings is 1. The van der Waals surface area contributed by atoms with E-state index in [4.69, 9.17) is 10.5 Å². The second kappa shape index (κ2) is 6.05. The largest absolute Gasteiger partial charge is 0.484 e. The molecule has 0 spiro atoms. The standard InChI is InChI=1S/C11H15N3O2S/c1-7-3-4-9(5-8(7)2)16-6-10(15)13-14-11(12)17/h3-5H,6H2,1-2H3,(H,13,15)(H3,12,14,17). The number of hydrogen-bond donors (Lipinski definition) is 3. The topological polar surface area (TPSA) is 76.4 Å². The smallest absolute Gasteiger partial charge is 0.276 e. The van der Waals surface area contributed by atoms with Crippen molar-refractivity contribution in [3.63, 3.8) is 0 Å². The van der Waals surface area contributed by atoms with E-state index in [-0.39, 0.29) is 17.6 Å². The van der Waals surface area contributed by atoms with Crippen molar-refractivity contribution in [1.82, 2.24) is 10.9 Å². The van der Waals surface area contributed by atoms with Crippen LogP contribution in [0.5, 0.6) is 5.75 Å². The predicted octanol–water partition coefficient (Wildman–Crippen LogP) is 0.547. The summed E-state index contributed by atoms with van der Waals surface area (Å²) < 4.78 is 5.30. The van der Waals surface area contributed by atoms with Crippen molar-refractivity contribution >= 4 is 23.2 Å². The molecule has 0 fully saturated rings. The highest BCUT2D eigenvalue weighted by atomic mass is 32.1. The van der Waals surface area contributed by atoms with Gasteiger partial charge in [0.25, 0.3) is 5.91 Å². The molecule has 0 saturated heterocycles. The molecular weight excluding hydrogens is 238 g/mol. The summed E-state index contributed by atoms with van der Waals surface area (Å²) in [7, 11) is 0. The minimum absolute atomic E-state index is 0.00419. The number of ether oxygens (including phenoxy) is 1. The maximum absolute atomic E-state index is 11.3. The third kappa shape index (κ3) is 4.69. The van der Waals surface area contributed by atoms with Gasteiger partial charge in [-0.2, -0.15) is 0 Å². The van der Waals surface area contributed by atoms with Crippen LogP contribution in [0.25, 0.3) is 0 Å². The van der Waals surface area contributed by atoms with Gasteiger partial charge >= 0.3 is 0 Å². The van der Waals surface area contributed by atoms with Gasteiger partial charge in [0.15, 0.2) is 11.7 Å². The summed E-state index contributed by atoms with van der Waals surface area (Å²) in [5.41, 5.74) is 12.1. The quantitative estimate of drug-likeness (QED) is 0.541. The van der Waals surface area contributed by atoms with Crippen molar-refractivity contribution in [2.45, 2.75) is 13.8 Å². The van der Waals surface area contributed by atoms with E-state index in [0.717, 1.165) is 5.56 Å². The van der Waals surface area contributed by atoms with E-state index in [2.05, 4.69) is 23.1 Å². The predicted molar refractivity (Wildman–Crippen MR) is 69.5 cm³/mol. The number of amides is 1. The number of rotatable bonds is 3. The minimum atomic E-state index is -0.351. The summed E-state index contributed by atoms with van der Waals surface area (Å²) >= 11 is 4.53. The lowest BCUT2D eigenvalue weighted by molar-refractivity contribution is -0.123. The molecule has 1 rings (SSSR count). The van der Waals surface area contributed by atoms with Crippen LogP contribution in [0, 0.1) is 13.8 Å². The zero-order valence-electron chi connectivity index (χ0n) is 9.74. The Morgan fingerprint density at radius 1 is 1.35 bits per heavy atom. The zero-order valence-corrected chi connectivity index (χ0v) is 10.6. The number of nitrogens with one attached hydrogen (secondary N) is 2. The highest BCUT2D eigenvalue weighted by molar-refractivity contribution is 7.80. The van der Waals surface area contributed by atoms with Gasteiger partial charge in [0.1, 0.15) is 5.75 Å². The molecule has 0 unspecified atom stereocenters. The number of aryl methyl sites for hydroxylation is 2. The molecule has 0 aliphatic carbocycles. The molecule has 1 amide bonds. The maximum Gasteiger partial charge on any atom is 0.276 e. The van der Waals surface area contributed by atoms with Gasteiger partial charge in [-0.3, -0.25) is 15.6 Å². The van der Waals surface area contributed by atoms with Crippen LogP contribution in [0.4, 0.5) is 0 Å². The normalized spacial score (nSPS) is 9.53. The number of nitrogens with two attached hydrogens (primary N) is 1. The molecule has 0 heterocycles. The van der Waals surface area contributed by atoms with Gasteiger partial charge in [-0.1, -0.05) is 6.07 Å². The van der Waals surface area contributed by atoms with Crippen LogP contribution in [0.15, 0.2) is 18.2 Å². The Hall–Kier alpha value is -1.82. The monoisotopic (exact) mass is 253 g/mol. The van der Waals surface area contributed by atoms with E-state index in [1.54, 1.807) is 0 Å². The van der Waals surface area contributed by atoms with Gasteiger partial charge in [0.2, 0.25) is 0 Å². The summed E-state index contributed by atoms with van der Waals surface area (Å²) in [6, 6.07) is 5.63. The van der Waals surface area contributed by atoms with Crippen molar-refractivity contribution < 1.29 is 9.53 Å². The number of hydrogen-bond acceptors (Lipinski definition) is 3. The van der Waals surface area contributed by atoms with Gasteiger partial charge in [-0.15, -0.1) is 0 Å². The maximum atomic E-state index is 11.3. The average molecular weight is 253 g/mol. The van der Waals surface area contributed by atoms with E-state index in [9.17, 15) is 4.79 Å². The Morgan fingerprint density at radius 3 is 2.65 bits per heavy atom. The van der Waals surface area contributed by atoms with Crippen LogP contribution < -0.4 is 21.3 Å². The van der Waals surface area contributed by atoms with Gasteiger partial charge in [-0.25, -0.2) is 0 Å². The molecule has 0 aromatic heterocycles. The third-order valence-electron chi connectivity index (χ3n) is 2.17. The first-order chi connectivity index (χ1) is 7.99. The van der Waals surface area contributed by atoms with Gasteiger partial charge in [-0.05, 0) is 49.3 Å². The molecule has 92 valence electrons. The van der Waals surface area contributed by atoms with Gasteiger partial charge in [0, 0.05) is 0 Å². The molecule has 0 bridgehead atoms. The summed E-state index contributed by atoms with van der Waals surface area (Å²) in [5.74, 6) is 0.301. The second-order valence-electron chi connectivity index (χ2n) is 3.57. The van der Waals surface area contributed by atoms with Crippen LogP contribution in [0.2, 0.25) is 0 Å². The number of carbonyl (C=O) groups excluding carboxylic acids is 1. The molecule has 17 heavy (non-hydrogen) atoms. The first-order valence-corrected chi connectivity index (χ1v) is 5.44. The Labute approximate surface area is 105 Å². The van der Waals surface area contributed by atoms with E-state index in [1.165, 1.54) is 5.56 Å². The van der Waals surface area contributed by atoms with Crippen molar-refractivity contribution in [2.75, 3.05) is 6.61 Å².